The molecule has 0 aliphatic heterocycles. The summed E-state index contributed by atoms with van der Waals surface area (Å²) in [6.07, 6.45) is 2.14. The molecular weight excluding hydrogens is 432 g/mol. The second kappa shape index (κ2) is 11.6. The highest BCUT2D eigenvalue weighted by Crippen LogP contribution is 2.26. The van der Waals surface area contributed by atoms with Crippen molar-refractivity contribution in [3.8, 4) is 5.75 Å². The minimum absolute atomic E-state index is 0.119. The second-order valence-corrected chi connectivity index (χ2v) is 7.62. The fraction of sp³-hybridized carbons (Fsp3) is 0.391. The molecule has 0 spiro atoms. The molecule has 5 nitrogen and oxygen atoms in total. The molecule has 0 aliphatic carbocycles. The number of ether oxygens (including phenoxy) is 1. The van der Waals surface area contributed by atoms with Crippen LogP contribution in [0.4, 0.5) is 0 Å². The van der Waals surface area contributed by atoms with Gasteiger partial charge in [0.15, 0.2) is 6.61 Å². The summed E-state index contributed by atoms with van der Waals surface area (Å²) in [6, 6.07) is 15.3. The van der Waals surface area contributed by atoms with Crippen LogP contribution in [-0.4, -0.2) is 43.0 Å². The summed E-state index contributed by atoms with van der Waals surface area (Å²) in [5.41, 5.74) is 2.31. The second-order valence-electron chi connectivity index (χ2n) is 6.77. The minimum atomic E-state index is -0.522. The molecular formula is C23H29BrN2O3. The maximum atomic E-state index is 13.0. The van der Waals surface area contributed by atoms with Gasteiger partial charge in [0.2, 0.25) is 5.91 Å². The summed E-state index contributed by atoms with van der Waals surface area (Å²) in [4.78, 5) is 27.0. The maximum Gasteiger partial charge on any atom is 0.261 e. The van der Waals surface area contributed by atoms with Gasteiger partial charge >= 0.3 is 0 Å². The zero-order valence-corrected chi connectivity index (χ0v) is 18.9. The number of carbonyl (C=O) groups excluding carboxylic acids is 2. The first-order valence-electron chi connectivity index (χ1n) is 9.96. The summed E-state index contributed by atoms with van der Waals surface area (Å²) >= 11 is 3.50. The van der Waals surface area contributed by atoms with Gasteiger partial charge in [-0.1, -0.05) is 50.2 Å². The first-order chi connectivity index (χ1) is 14.0. The molecule has 0 bridgehead atoms. The number of hydrogen-bond acceptors (Lipinski definition) is 3. The number of nitrogens with one attached hydrogen (secondary N) is 1. The Morgan fingerprint density at radius 3 is 2.41 bits per heavy atom. The SMILES string of the molecule is CCc1ccc(OCC(=O)N(CCc2ccccc2)[C@H](CC)C(=O)NC)c(Br)c1. The molecule has 2 amide bonds. The molecule has 156 valence electrons. The van der Waals surface area contributed by atoms with Crippen LogP contribution in [0.5, 0.6) is 5.75 Å². The average molecular weight is 461 g/mol. The van der Waals surface area contributed by atoms with Crippen LogP contribution in [0.3, 0.4) is 0 Å². The molecule has 0 saturated carbocycles. The summed E-state index contributed by atoms with van der Waals surface area (Å²) in [5, 5.41) is 2.66. The number of carbonyl (C=O) groups is 2. The van der Waals surface area contributed by atoms with Gasteiger partial charge in [0.25, 0.3) is 5.91 Å². The summed E-state index contributed by atoms with van der Waals surface area (Å²) in [6.45, 7) is 4.32. The lowest BCUT2D eigenvalue weighted by atomic mass is 10.1. The number of aryl methyl sites for hydroxylation is 1. The number of benzene rings is 2. The van der Waals surface area contributed by atoms with E-state index in [0.717, 1.165) is 16.5 Å². The fourth-order valence-corrected chi connectivity index (χ4v) is 3.71. The lowest BCUT2D eigenvalue weighted by Gasteiger charge is -2.30. The van der Waals surface area contributed by atoms with Crippen molar-refractivity contribution in [1.82, 2.24) is 10.2 Å². The molecule has 0 fully saturated rings. The van der Waals surface area contributed by atoms with Gasteiger partial charge in [-0.2, -0.15) is 0 Å². The van der Waals surface area contributed by atoms with Gasteiger partial charge in [-0.05, 0) is 58.5 Å². The smallest absolute Gasteiger partial charge is 0.261 e. The van der Waals surface area contributed by atoms with Crippen molar-refractivity contribution in [2.24, 2.45) is 0 Å². The van der Waals surface area contributed by atoms with Crippen LogP contribution in [0.2, 0.25) is 0 Å². The molecule has 0 aliphatic rings. The number of likely N-dealkylation sites (N-methyl/N-ethyl adjacent to an activating group) is 1. The van der Waals surface area contributed by atoms with Crippen molar-refractivity contribution in [3.05, 3.63) is 64.1 Å². The number of nitrogens with zero attached hydrogens (tertiary/aromatic N) is 1. The lowest BCUT2D eigenvalue weighted by molar-refractivity contribution is -0.142. The van der Waals surface area contributed by atoms with Crippen LogP contribution in [0, 0.1) is 0 Å². The normalized spacial score (nSPS) is 11.6. The Kier molecular flexibility index (Phi) is 9.19. The van der Waals surface area contributed by atoms with Crippen molar-refractivity contribution in [3.63, 3.8) is 0 Å². The Balaban J connectivity index is 2.11. The van der Waals surface area contributed by atoms with Gasteiger partial charge in [0.05, 0.1) is 4.47 Å². The first-order valence-corrected chi connectivity index (χ1v) is 10.8. The van der Waals surface area contributed by atoms with Crippen LogP contribution in [0.15, 0.2) is 53.0 Å². The van der Waals surface area contributed by atoms with Crippen molar-refractivity contribution in [2.45, 2.75) is 39.2 Å². The van der Waals surface area contributed by atoms with Crippen molar-refractivity contribution in [2.75, 3.05) is 20.2 Å². The predicted octanol–water partition coefficient (Wildman–Crippen LogP) is 3.99. The number of hydrogen-bond donors (Lipinski definition) is 1. The van der Waals surface area contributed by atoms with E-state index in [9.17, 15) is 9.59 Å². The van der Waals surface area contributed by atoms with Crippen LogP contribution < -0.4 is 10.1 Å². The fourth-order valence-electron chi connectivity index (χ4n) is 3.17. The number of halogens is 1. The van der Waals surface area contributed by atoms with Gasteiger partial charge in [-0.15, -0.1) is 0 Å². The Bertz CT molecular complexity index is 811. The molecule has 0 aromatic heterocycles. The minimum Gasteiger partial charge on any atom is -0.483 e. The van der Waals surface area contributed by atoms with Crippen LogP contribution in [0.1, 0.15) is 31.4 Å². The zero-order valence-electron chi connectivity index (χ0n) is 17.3. The van der Waals surface area contributed by atoms with Crippen LogP contribution in [0.25, 0.3) is 0 Å². The Labute approximate surface area is 181 Å². The highest BCUT2D eigenvalue weighted by molar-refractivity contribution is 9.10. The van der Waals surface area contributed by atoms with E-state index in [2.05, 4.69) is 28.2 Å². The monoisotopic (exact) mass is 460 g/mol. The van der Waals surface area contributed by atoms with E-state index in [1.54, 1.807) is 11.9 Å². The zero-order chi connectivity index (χ0) is 21.2. The molecule has 1 N–H and O–H groups in total. The molecule has 0 unspecified atom stereocenters. The van der Waals surface area contributed by atoms with E-state index >= 15 is 0 Å². The van der Waals surface area contributed by atoms with E-state index in [1.807, 2.05) is 55.5 Å². The van der Waals surface area contributed by atoms with E-state index in [-0.39, 0.29) is 18.4 Å². The Morgan fingerprint density at radius 2 is 1.83 bits per heavy atom. The molecule has 2 rings (SSSR count). The third-order valence-electron chi connectivity index (χ3n) is 4.87. The van der Waals surface area contributed by atoms with Gasteiger partial charge in [-0.25, -0.2) is 0 Å². The maximum absolute atomic E-state index is 13.0. The van der Waals surface area contributed by atoms with Crippen molar-refractivity contribution >= 4 is 27.7 Å². The highest BCUT2D eigenvalue weighted by Gasteiger charge is 2.28. The molecule has 2 aromatic carbocycles. The van der Waals surface area contributed by atoms with E-state index in [1.165, 1.54) is 5.56 Å². The first kappa shape index (κ1) is 22.9. The molecule has 29 heavy (non-hydrogen) atoms. The van der Waals surface area contributed by atoms with Crippen molar-refractivity contribution in [1.29, 1.82) is 0 Å². The largest absolute Gasteiger partial charge is 0.483 e. The van der Waals surface area contributed by atoms with Gasteiger partial charge < -0.3 is 15.0 Å². The highest BCUT2D eigenvalue weighted by atomic mass is 79.9. The third-order valence-corrected chi connectivity index (χ3v) is 5.49. The average Bonchev–Trinajstić information content (AvgIpc) is 2.75. The molecule has 0 saturated heterocycles. The van der Waals surface area contributed by atoms with Crippen LogP contribution >= 0.6 is 15.9 Å². The van der Waals surface area contributed by atoms with Crippen LogP contribution in [-0.2, 0) is 22.4 Å². The molecule has 0 heterocycles. The van der Waals surface area contributed by atoms with E-state index < -0.39 is 6.04 Å². The van der Waals surface area contributed by atoms with Crippen molar-refractivity contribution < 1.29 is 14.3 Å². The third kappa shape index (κ3) is 6.60. The summed E-state index contributed by atoms with van der Waals surface area (Å²) in [7, 11) is 1.59. The Morgan fingerprint density at radius 1 is 1.10 bits per heavy atom. The number of amides is 2. The van der Waals surface area contributed by atoms with Gasteiger partial charge in [0, 0.05) is 13.6 Å². The lowest BCUT2D eigenvalue weighted by Crippen LogP contribution is -2.50. The standard InChI is InChI=1S/C23H29BrN2O3/c1-4-17-11-12-21(19(24)15-17)29-16-22(27)26(20(5-2)23(28)25-3)14-13-18-9-7-6-8-10-18/h6-12,15,20H,4-5,13-14,16H2,1-3H3,(H,25,28)/t20-/m1/s1. The van der Waals surface area contributed by atoms with E-state index in [0.29, 0.717) is 25.1 Å². The topological polar surface area (TPSA) is 58.6 Å². The van der Waals surface area contributed by atoms with Gasteiger partial charge in [-0.3, -0.25) is 9.59 Å². The number of rotatable bonds is 10. The molecule has 0 radical (unpaired) electrons. The molecule has 2 aromatic rings. The quantitative estimate of drug-likeness (QED) is 0.582. The predicted molar refractivity (Wildman–Crippen MR) is 119 cm³/mol. The van der Waals surface area contributed by atoms with E-state index in [4.69, 9.17) is 4.74 Å². The molecule has 1 atom stereocenters. The Hall–Kier alpha value is -2.34. The summed E-state index contributed by atoms with van der Waals surface area (Å²) < 4.78 is 6.59. The molecule has 6 heteroatoms. The van der Waals surface area contributed by atoms with Gasteiger partial charge in [0.1, 0.15) is 11.8 Å². The summed E-state index contributed by atoms with van der Waals surface area (Å²) in [5.74, 6) is 0.247.